The molecule has 8 rings (SSSR count). The monoisotopic (exact) mass is 1560 g/mol. The highest BCUT2D eigenvalue weighted by atomic mass is 16.8. The first kappa shape index (κ1) is 90.1. The first-order valence-electron chi connectivity index (χ1n) is 38.0. The zero-order valence-corrected chi connectivity index (χ0v) is 66.9. The van der Waals surface area contributed by atoms with E-state index in [1.54, 1.807) is 83.1 Å². The van der Waals surface area contributed by atoms with Crippen LogP contribution >= 0.6 is 0 Å². The molecule has 4 aromatic carbocycles. The third kappa shape index (κ3) is 26.3. The van der Waals surface area contributed by atoms with Gasteiger partial charge in [0.05, 0.1) is 101 Å². The molecule has 0 saturated carbocycles. The van der Waals surface area contributed by atoms with Crippen LogP contribution in [-0.2, 0) is 145 Å². The Hall–Kier alpha value is -7.45. The van der Waals surface area contributed by atoms with Crippen LogP contribution < -0.4 is 0 Å². The quantitative estimate of drug-likeness (QED) is 0.0247. The van der Waals surface area contributed by atoms with Crippen LogP contribution in [0.1, 0.15) is 112 Å². The summed E-state index contributed by atoms with van der Waals surface area (Å²) < 4.78 is 135. The molecule has 20 atom stereocenters. The van der Waals surface area contributed by atoms with E-state index in [-0.39, 0.29) is 79.3 Å². The summed E-state index contributed by atoms with van der Waals surface area (Å²) in [6.45, 7) is 35.2. The van der Waals surface area contributed by atoms with Crippen molar-refractivity contribution in [3.05, 3.63) is 194 Å². The molecule has 112 heavy (non-hydrogen) atoms. The SMILES string of the molecule is C=CCO[C@@H]1[C@@H](OC(=O)C(C)(C)C)[C@H](O)O[C@H](COCc2ccccc2)[C@@H]1O[C@@H]1O[C@H](COCc2ccccc2)[C@H](O[C@@H]2O[C@H](COCc3ccccc3)[C@H](O[C@@H]3O[C@H](COCc4ccccc4)[C@H](OC(C)=O)[C@H](OCC=C)[C@H]3OC(=O)C(C)(C)C)[C@H](OCC=C)[C@H]2OC(=O)C(C)(C)C)[C@H](OCC=C)[C@H]1OC(=O)C(C)(C)C. The minimum atomic E-state index is -1.81. The van der Waals surface area contributed by atoms with Crippen LogP contribution in [0.4, 0.5) is 0 Å². The smallest absolute Gasteiger partial charge is 0.311 e. The first-order chi connectivity index (χ1) is 53.3. The lowest BCUT2D eigenvalue weighted by molar-refractivity contribution is -0.394. The van der Waals surface area contributed by atoms with Gasteiger partial charge in [-0.2, -0.15) is 0 Å². The summed E-state index contributed by atoms with van der Waals surface area (Å²) in [5, 5.41) is 12.0. The maximum atomic E-state index is 15.1. The van der Waals surface area contributed by atoms with Crippen LogP contribution in [-0.4, -0.2) is 211 Å². The Bertz CT molecular complexity index is 3570. The molecule has 0 radical (unpaired) electrons. The Labute approximate surface area is 658 Å². The predicted octanol–water partition coefficient (Wildman–Crippen LogP) is 10.9. The molecule has 4 aliphatic rings. The molecule has 26 nitrogen and oxygen atoms in total. The van der Waals surface area contributed by atoms with Crippen LogP contribution in [0.2, 0.25) is 0 Å². The second-order valence-electron chi connectivity index (χ2n) is 31.9. The van der Waals surface area contributed by atoms with Crippen molar-refractivity contribution in [1.29, 1.82) is 0 Å². The number of rotatable bonds is 39. The maximum Gasteiger partial charge on any atom is 0.311 e. The predicted molar refractivity (Wildman–Crippen MR) is 409 cm³/mol. The van der Waals surface area contributed by atoms with Crippen LogP contribution in [0.25, 0.3) is 0 Å². The zero-order chi connectivity index (χ0) is 81.3. The molecule has 4 saturated heterocycles. The van der Waals surface area contributed by atoms with Crippen LogP contribution in [0.3, 0.4) is 0 Å². The second kappa shape index (κ2) is 42.8. The van der Waals surface area contributed by atoms with Crippen molar-refractivity contribution in [1.82, 2.24) is 0 Å². The van der Waals surface area contributed by atoms with Gasteiger partial charge in [0.2, 0.25) is 0 Å². The number of benzene rings is 4. The van der Waals surface area contributed by atoms with E-state index in [2.05, 4.69) is 26.3 Å². The fourth-order valence-electron chi connectivity index (χ4n) is 12.3. The van der Waals surface area contributed by atoms with E-state index < -0.39 is 174 Å². The van der Waals surface area contributed by atoms with Crippen LogP contribution in [0.5, 0.6) is 0 Å². The summed E-state index contributed by atoms with van der Waals surface area (Å²) in [6.07, 6.45) is -24.2. The van der Waals surface area contributed by atoms with Crippen molar-refractivity contribution in [3.8, 4) is 0 Å². The average molecular weight is 1570 g/mol. The van der Waals surface area contributed by atoms with E-state index in [4.69, 9.17) is 94.7 Å². The summed E-state index contributed by atoms with van der Waals surface area (Å²) in [5.41, 5.74) is -1.50. The highest BCUT2D eigenvalue weighted by Gasteiger charge is 2.61. The lowest BCUT2D eigenvalue weighted by Crippen LogP contribution is -2.69. The fraction of sp³-hybridized carbons (Fsp3) is 0.570. The average Bonchev–Trinajstić information content (AvgIpc) is 0.755. The molecule has 0 aliphatic carbocycles. The van der Waals surface area contributed by atoms with Gasteiger partial charge in [0, 0.05) is 6.92 Å². The minimum Gasteiger partial charge on any atom is -0.457 e. The van der Waals surface area contributed by atoms with Gasteiger partial charge in [0.25, 0.3) is 0 Å². The van der Waals surface area contributed by atoms with Gasteiger partial charge in [-0.3, -0.25) is 24.0 Å². The molecule has 0 amide bonds. The third-order valence-electron chi connectivity index (χ3n) is 18.2. The number of aliphatic hydroxyl groups is 1. The Balaban J connectivity index is 1.31. The second-order valence-corrected chi connectivity index (χ2v) is 31.9. The number of carbonyl (C=O) groups is 5. The number of ether oxygens (including phenoxy) is 20. The molecule has 4 fully saturated rings. The lowest BCUT2D eigenvalue weighted by atomic mass is 9.93. The van der Waals surface area contributed by atoms with Crippen molar-refractivity contribution in [3.63, 3.8) is 0 Å². The number of esters is 5. The summed E-state index contributed by atoms with van der Waals surface area (Å²) in [6, 6.07) is 37.3. The zero-order valence-electron chi connectivity index (χ0n) is 66.9. The molecular weight excluding hydrogens is 1450 g/mol. The third-order valence-corrected chi connectivity index (χ3v) is 18.2. The normalized spacial score (nSPS) is 28.4. The molecule has 616 valence electrons. The molecule has 0 unspecified atom stereocenters. The standard InChI is InChI=1S/C86H116O26/c1-18-42-97-67-64(59(50-93-46-55-34-26-22-27-35-55)102-75(88)71(67)109-79(89)83(6,7)8)106-77-73(111-81(91)85(12,13)14)69(99-44-20-3)66(61(104-77)52-95-48-57-38-30-24-31-39-57)108-78-74(112-82(92)86(15,16)17)70(100-45-21-4)65(62(105-78)53-96-49-58-40-32-25-33-41-58)107-76-72(110-80(90)84(9,10)11)68(98-43-19-2)63(101-54(5)87)60(103-76)51-94-47-56-36-28-23-29-37-56/h18-41,59-78,88H,1-4,42-53H2,5-17H3/t59-,60-,61-,62-,63+,64+,65+,66+,67+,68+,69+,70+,71-,72-,73-,74-,75-,76+,77+,78+/m1/s1. The summed E-state index contributed by atoms with van der Waals surface area (Å²) in [7, 11) is 0. The molecular formula is C86H116O26. The fourth-order valence-corrected chi connectivity index (χ4v) is 12.3. The Morgan fingerprint density at radius 2 is 0.562 bits per heavy atom. The molecule has 4 aliphatic heterocycles. The highest BCUT2D eigenvalue weighted by Crippen LogP contribution is 2.42. The van der Waals surface area contributed by atoms with Gasteiger partial charge in [-0.05, 0) is 105 Å². The van der Waals surface area contributed by atoms with Gasteiger partial charge in [-0.1, -0.05) is 146 Å². The number of hydrogen-bond donors (Lipinski definition) is 1. The van der Waals surface area contributed by atoms with Gasteiger partial charge in [-0.25, -0.2) is 0 Å². The highest BCUT2D eigenvalue weighted by molar-refractivity contribution is 5.77. The van der Waals surface area contributed by atoms with Gasteiger partial charge >= 0.3 is 29.8 Å². The van der Waals surface area contributed by atoms with Crippen molar-refractivity contribution in [2.75, 3.05) is 52.9 Å². The Morgan fingerprint density at radius 1 is 0.330 bits per heavy atom. The first-order valence-corrected chi connectivity index (χ1v) is 38.0. The molecule has 26 heteroatoms. The molecule has 0 bridgehead atoms. The van der Waals surface area contributed by atoms with Crippen molar-refractivity contribution < 1.29 is 124 Å². The minimum absolute atomic E-state index is 0.0204. The molecule has 0 aromatic heterocycles. The lowest BCUT2D eigenvalue weighted by Gasteiger charge is -2.52. The summed E-state index contributed by atoms with van der Waals surface area (Å²) in [5.74, 6) is -3.66. The van der Waals surface area contributed by atoms with E-state index in [1.807, 2.05) is 121 Å². The van der Waals surface area contributed by atoms with Crippen LogP contribution in [0.15, 0.2) is 172 Å². The van der Waals surface area contributed by atoms with E-state index in [0.717, 1.165) is 22.3 Å². The summed E-state index contributed by atoms with van der Waals surface area (Å²) in [4.78, 5) is 71.8. The van der Waals surface area contributed by atoms with E-state index in [9.17, 15) is 24.3 Å². The molecule has 0 spiro atoms. The topological polar surface area (TPSA) is 290 Å². The largest absolute Gasteiger partial charge is 0.457 e. The number of aliphatic hydroxyl groups excluding tert-OH is 1. The van der Waals surface area contributed by atoms with E-state index in [0.29, 0.717) is 0 Å². The van der Waals surface area contributed by atoms with Crippen molar-refractivity contribution >= 4 is 29.8 Å². The van der Waals surface area contributed by atoms with E-state index in [1.165, 1.54) is 31.2 Å². The van der Waals surface area contributed by atoms with Gasteiger partial charge in [0.1, 0.15) is 67.1 Å². The molecule has 4 aromatic rings. The molecule has 1 N–H and O–H groups in total. The van der Waals surface area contributed by atoms with Crippen LogP contribution in [0, 0.1) is 21.7 Å². The van der Waals surface area contributed by atoms with E-state index >= 15 is 4.79 Å². The van der Waals surface area contributed by atoms with Gasteiger partial charge in [0.15, 0.2) is 55.7 Å². The molecule has 4 heterocycles. The number of hydrogen-bond acceptors (Lipinski definition) is 26. The van der Waals surface area contributed by atoms with Gasteiger partial charge < -0.3 is 99.8 Å². The van der Waals surface area contributed by atoms with Crippen molar-refractivity contribution in [2.45, 2.75) is 239 Å². The van der Waals surface area contributed by atoms with Gasteiger partial charge in [-0.15, -0.1) is 26.3 Å². The number of carbonyl (C=O) groups excluding carboxylic acids is 5. The Kier molecular flexibility index (Phi) is 34.4. The Morgan fingerprint density at radius 3 is 0.812 bits per heavy atom. The maximum absolute atomic E-state index is 15.1. The van der Waals surface area contributed by atoms with Crippen molar-refractivity contribution in [2.24, 2.45) is 21.7 Å². The summed E-state index contributed by atoms with van der Waals surface area (Å²) >= 11 is 0.